The summed E-state index contributed by atoms with van der Waals surface area (Å²) in [5.74, 6) is 0.239. The van der Waals surface area contributed by atoms with Crippen LogP contribution in [0, 0.1) is 0 Å². The van der Waals surface area contributed by atoms with E-state index >= 15 is 0 Å². The van der Waals surface area contributed by atoms with E-state index in [0.717, 1.165) is 48.4 Å². The van der Waals surface area contributed by atoms with Gasteiger partial charge in [0.1, 0.15) is 11.5 Å². The first-order valence-electron chi connectivity index (χ1n) is 12.6. The van der Waals surface area contributed by atoms with E-state index in [1.807, 2.05) is 12.1 Å². The van der Waals surface area contributed by atoms with Gasteiger partial charge in [-0.25, -0.2) is 9.59 Å². The Hall–Kier alpha value is -3.84. The molecular weight excluding hydrogens is 500 g/mol. The van der Waals surface area contributed by atoms with Crippen LogP contribution in [0.3, 0.4) is 0 Å². The maximum atomic E-state index is 12.7. The van der Waals surface area contributed by atoms with Crippen LogP contribution in [0.25, 0.3) is 0 Å². The molecule has 0 fully saturated rings. The fourth-order valence-corrected chi connectivity index (χ4v) is 4.15. The molecule has 0 aliphatic heterocycles. The molecule has 0 atom stereocenters. The fraction of sp³-hybridized carbons (Fsp3) is 0.258. The lowest BCUT2D eigenvalue weighted by atomic mass is 10.1. The summed E-state index contributed by atoms with van der Waals surface area (Å²) in [7, 11) is 0. The SMILES string of the molecule is C=CC(=O)OCCCCOc1ccc(C(=O)Sc2ccc(OC(=O)c3ccc(CCCC)cc3)cc2)cc1. The quantitative estimate of drug-likeness (QED) is 0.0722. The molecule has 7 heteroatoms. The second-order valence-electron chi connectivity index (χ2n) is 8.50. The molecule has 38 heavy (non-hydrogen) atoms. The molecule has 0 N–H and O–H groups in total. The van der Waals surface area contributed by atoms with Gasteiger partial charge in [-0.05, 0) is 104 Å². The third kappa shape index (κ3) is 9.56. The molecule has 0 radical (unpaired) electrons. The van der Waals surface area contributed by atoms with Crippen LogP contribution >= 0.6 is 11.8 Å². The lowest BCUT2D eigenvalue weighted by Gasteiger charge is -2.08. The van der Waals surface area contributed by atoms with Gasteiger partial charge in [0.2, 0.25) is 5.12 Å². The van der Waals surface area contributed by atoms with E-state index in [-0.39, 0.29) is 5.12 Å². The molecule has 0 saturated heterocycles. The Labute approximate surface area is 228 Å². The van der Waals surface area contributed by atoms with Gasteiger partial charge in [-0.2, -0.15) is 0 Å². The van der Waals surface area contributed by atoms with Crippen LogP contribution in [0.1, 0.15) is 58.9 Å². The maximum Gasteiger partial charge on any atom is 0.343 e. The van der Waals surface area contributed by atoms with Crippen molar-refractivity contribution in [1.29, 1.82) is 0 Å². The van der Waals surface area contributed by atoms with Gasteiger partial charge in [-0.15, -0.1) is 0 Å². The van der Waals surface area contributed by atoms with Crippen molar-refractivity contribution in [2.24, 2.45) is 0 Å². The highest BCUT2D eigenvalue weighted by Crippen LogP contribution is 2.26. The molecular formula is C31H32O6S. The fourth-order valence-electron chi connectivity index (χ4n) is 3.41. The average Bonchev–Trinajstić information content (AvgIpc) is 2.95. The maximum absolute atomic E-state index is 12.7. The molecule has 0 spiro atoms. The number of esters is 2. The Kier molecular flexibility index (Phi) is 11.7. The second-order valence-corrected chi connectivity index (χ2v) is 9.55. The van der Waals surface area contributed by atoms with Gasteiger partial charge in [0.15, 0.2) is 0 Å². The largest absolute Gasteiger partial charge is 0.494 e. The third-order valence-corrected chi connectivity index (χ3v) is 6.49. The molecule has 0 saturated carbocycles. The molecule has 0 unspecified atom stereocenters. The Morgan fingerprint density at radius 1 is 0.789 bits per heavy atom. The normalized spacial score (nSPS) is 10.4. The summed E-state index contributed by atoms with van der Waals surface area (Å²) in [6.45, 7) is 6.31. The van der Waals surface area contributed by atoms with Gasteiger partial charge in [0, 0.05) is 16.5 Å². The number of unbranched alkanes of at least 4 members (excludes halogenated alkanes) is 2. The van der Waals surface area contributed by atoms with Crippen molar-refractivity contribution in [3.63, 3.8) is 0 Å². The van der Waals surface area contributed by atoms with E-state index in [1.165, 1.54) is 5.56 Å². The zero-order valence-electron chi connectivity index (χ0n) is 21.5. The van der Waals surface area contributed by atoms with Crippen LogP contribution in [0.15, 0.2) is 90.3 Å². The predicted molar refractivity (Wildman–Crippen MR) is 149 cm³/mol. The number of carbonyl (C=O) groups is 3. The van der Waals surface area contributed by atoms with Gasteiger partial charge in [0.05, 0.1) is 18.8 Å². The minimum absolute atomic E-state index is 0.103. The molecule has 0 amide bonds. The van der Waals surface area contributed by atoms with Gasteiger partial charge < -0.3 is 14.2 Å². The first-order valence-corrected chi connectivity index (χ1v) is 13.5. The van der Waals surface area contributed by atoms with Crippen LogP contribution in [0.5, 0.6) is 11.5 Å². The van der Waals surface area contributed by atoms with Crippen molar-refractivity contribution >= 4 is 28.8 Å². The van der Waals surface area contributed by atoms with Crippen LogP contribution in [-0.2, 0) is 16.0 Å². The standard InChI is InChI=1S/C31H32O6S/c1-3-5-8-23-9-11-24(12-10-23)30(33)37-27-17-19-28(20-18-27)38-31(34)25-13-15-26(16-14-25)35-21-6-7-22-36-29(32)4-2/h4,9-20H,2-3,5-8,21-22H2,1H3. The molecule has 0 bridgehead atoms. The number of ether oxygens (including phenoxy) is 3. The summed E-state index contributed by atoms with van der Waals surface area (Å²) in [6, 6.07) is 21.3. The van der Waals surface area contributed by atoms with Crippen LogP contribution in [0.2, 0.25) is 0 Å². The molecule has 0 aliphatic rings. The summed E-state index contributed by atoms with van der Waals surface area (Å²) in [5, 5.41) is -0.103. The Morgan fingerprint density at radius 2 is 1.42 bits per heavy atom. The van der Waals surface area contributed by atoms with E-state index in [4.69, 9.17) is 14.2 Å². The summed E-state index contributed by atoms with van der Waals surface area (Å²) in [5.41, 5.74) is 2.26. The molecule has 3 aromatic rings. The lowest BCUT2D eigenvalue weighted by molar-refractivity contribution is -0.137. The number of aryl methyl sites for hydroxylation is 1. The van der Waals surface area contributed by atoms with Crippen molar-refractivity contribution in [3.8, 4) is 11.5 Å². The lowest BCUT2D eigenvalue weighted by Crippen LogP contribution is -2.08. The number of hydrogen-bond acceptors (Lipinski definition) is 7. The summed E-state index contributed by atoms with van der Waals surface area (Å²) >= 11 is 1.10. The molecule has 3 aromatic carbocycles. The monoisotopic (exact) mass is 532 g/mol. The highest BCUT2D eigenvalue weighted by Gasteiger charge is 2.11. The van der Waals surface area contributed by atoms with Crippen molar-refractivity contribution in [1.82, 2.24) is 0 Å². The predicted octanol–water partition coefficient (Wildman–Crippen LogP) is 7.07. The van der Waals surface area contributed by atoms with Crippen molar-refractivity contribution in [3.05, 3.63) is 102 Å². The van der Waals surface area contributed by atoms with Crippen LogP contribution in [-0.4, -0.2) is 30.3 Å². The number of hydrogen-bond donors (Lipinski definition) is 0. The number of rotatable bonds is 14. The van der Waals surface area contributed by atoms with Gasteiger partial charge >= 0.3 is 11.9 Å². The van der Waals surface area contributed by atoms with E-state index in [2.05, 4.69) is 13.5 Å². The molecule has 6 nitrogen and oxygen atoms in total. The minimum atomic E-state index is -0.428. The average molecular weight is 533 g/mol. The summed E-state index contributed by atoms with van der Waals surface area (Å²) in [6.07, 6.45) is 5.81. The van der Waals surface area contributed by atoms with Crippen LogP contribution < -0.4 is 9.47 Å². The van der Waals surface area contributed by atoms with Crippen molar-refractivity contribution in [2.45, 2.75) is 43.9 Å². The molecule has 0 heterocycles. The van der Waals surface area contributed by atoms with E-state index < -0.39 is 11.9 Å². The molecule has 0 aliphatic carbocycles. The zero-order valence-corrected chi connectivity index (χ0v) is 22.3. The zero-order chi connectivity index (χ0) is 27.2. The molecule has 198 valence electrons. The number of thioether (sulfide) groups is 1. The van der Waals surface area contributed by atoms with Crippen LogP contribution in [0.4, 0.5) is 0 Å². The first-order chi connectivity index (χ1) is 18.5. The van der Waals surface area contributed by atoms with Gasteiger partial charge in [0.25, 0.3) is 0 Å². The Morgan fingerprint density at radius 3 is 2.08 bits per heavy atom. The highest BCUT2D eigenvalue weighted by molar-refractivity contribution is 8.14. The molecule has 3 rings (SSSR count). The Balaban J connectivity index is 1.43. The van der Waals surface area contributed by atoms with Gasteiger partial charge in [-0.3, -0.25) is 4.79 Å². The third-order valence-electron chi connectivity index (χ3n) is 5.56. The Bertz CT molecular complexity index is 1200. The second kappa shape index (κ2) is 15.4. The van der Waals surface area contributed by atoms with Crippen molar-refractivity contribution < 1.29 is 28.6 Å². The summed E-state index contributed by atoms with van der Waals surface area (Å²) in [4.78, 5) is 36.8. The van der Waals surface area contributed by atoms with Crippen molar-refractivity contribution in [2.75, 3.05) is 13.2 Å². The number of carbonyl (C=O) groups excluding carboxylic acids is 3. The smallest absolute Gasteiger partial charge is 0.343 e. The highest BCUT2D eigenvalue weighted by atomic mass is 32.2. The number of benzene rings is 3. The summed E-state index contributed by atoms with van der Waals surface area (Å²) < 4.78 is 16.1. The minimum Gasteiger partial charge on any atom is -0.494 e. The first kappa shape index (κ1) is 28.7. The molecule has 0 aromatic heterocycles. The van der Waals surface area contributed by atoms with E-state index in [0.29, 0.717) is 42.3 Å². The van der Waals surface area contributed by atoms with Gasteiger partial charge in [-0.1, -0.05) is 32.1 Å². The van der Waals surface area contributed by atoms with E-state index in [9.17, 15) is 14.4 Å². The topological polar surface area (TPSA) is 78.9 Å². The van der Waals surface area contributed by atoms with E-state index in [1.54, 1.807) is 60.7 Å².